The van der Waals surface area contributed by atoms with Crippen LogP contribution in [0.25, 0.3) is 11.4 Å². The third-order valence-corrected chi connectivity index (χ3v) is 5.66. The third-order valence-electron chi connectivity index (χ3n) is 5.33. The summed E-state index contributed by atoms with van der Waals surface area (Å²) in [7, 11) is 0. The van der Waals surface area contributed by atoms with E-state index >= 15 is 0 Å². The highest BCUT2D eigenvalue weighted by molar-refractivity contribution is 6.33. The van der Waals surface area contributed by atoms with E-state index in [4.69, 9.17) is 11.6 Å². The van der Waals surface area contributed by atoms with Gasteiger partial charge in [-0.2, -0.15) is 5.10 Å². The van der Waals surface area contributed by atoms with E-state index in [1.54, 1.807) is 6.07 Å². The maximum atomic E-state index is 14.8. The van der Waals surface area contributed by atoms with Crippen LogP contribution in [0.3, 0.4) is 0 Å². The van der Waals surface area contributed by atoms with Gasteiger partial charge in [-0.25, -0.2) is 14.4 Å². The molecule has 6 nitrogen and oxygen atoms in total. The fourth-order valence-electron chi connectivity index (χ4n) is 3.65. The average Bonchev–Trinajstić information content (AvgIpc) is 3.43. The molecule has 0 bridgehead atoms. The average molecular weight is 403 g/mol. The maximum absolute atomic E-state index is 14.8. The summed E-state index contributed by atoms with van der Waals surface area (Å²) in [6.45, 7) is 2.67. The number of hydrogen-bond donors (Lipinski definition) is 2. The highest BCUT2D eigenvalue weighted by atomic mass is 35.5. The molecule has 1 aromatic carbocycles. The van der Waals surface area contributed by atoms with Gasteiger partial charge < -0.3 is 10.2 Å². The second kappa shape index (κ2) is 6.44. The molecule has 28 heavy (non-hydrogen) atoms. The summed E-state index contributed by atoms with van der Waals surface area (Å²) in [5.41, 5.74) is 0.599. The number of aryl methyl sites for hydroxylation is 1. The first kappa shape index (κ1) is 17.4. The van der Waals surface area contributed by atoms with Gasteiger partial charge in [-0.05, 0) is 37.8 Å². The van der Waals surface area contributed by atoms with Crippen molar-refractivity contribution in [1.82, 2.24) is 20.2 Å². The lowest BCUT2D eigenvalue weighted by Gasteiger charge is -2.45. The summed E-state index contributed by atoms with van der Waals surface area (Å²) in [6.07, 6.45) is 1.98. The molecule has 8 heteroatoms. The van der Waals surface area contributed by atoms with Crippen LogP contribution in [-0.2, 0) is 0 Å². The van der Waals surface area contributed by atoms with E-state index in [2.05, 4.69) is 25.5 Å². The summed E-state index contributed by atoms with van der Waals surface area (Å²) >= 11 is 6.36. The Morgan fingerprint density at radius 1 is 1.21 bits per heavy atom. The predicted molar refractivity (Wildman–Crippen MR) is 112 cm³/mol. The van der Waals surface area contributed by atoms with Crippen molar-refractivity contribution in [2.45, 2.75) is 25.4 Å². The van der Waals surface area contributed by atoms with Gasteiger partial charge >= 0.3 is 0 Å². The Hall–Kier alpha value is -2.67. The minimum absolute atomic E-state index is 0. The summed E-state index contributed by atoms with van der Waals surface area (Å²) in [6, 6.07) is 11.2. The van der Waals surface area contributed by atoms with E-state index in [1.807, 2.05) is 42.2 Å². The van der Waals surface area contributed by atoms with Crippen LogP contribution in [0, 0.1) is 12.8 Å². The number of benzene rings is 1. The van der Waals surface area contributed by atoms with Gasteiger partial charge in [0.1, 0.15) is 17.3 Å². The van der Waals surface area contributed by atoms with Gasteiger partial charge in [-0.15, -0.1) is 0 Å². The quantitative estimate of drug-likeness (QED) is 0.628. The van der Waals surface area contributed by atoms with Gasteiger partial charge in [-0.1, -0.05) is 23.7 Å². The second-order valence-electron chi connectivity index (χ2n) is 7.64. The van der Waals surface area contributed by atoms with E-state index in [9.17, 15) is 4.39 Å². The molecule has 2 aromatic heterocycles. The number of nitrogens with zero attached hydrogens (tertiary/aromatic N) is 4. The number of rotatable bonds is 5. The van der Waals surface area contributed by atoms with Crippen LogP contribution >= 0.6 is 11.6 Å². The van der Waals surface area contributed by atoms with Gasteiger partial charge in [0.2, 0.25) is 0 Å². The number of H-pyrrole nitrogens is 1. The van der Waals surface area contributed by atoms with Gasteiger partial charge in [-0.3, -0.25) is 5.10 Å². The molecule has 0 spiro atoms. The third kappa shape index (κ3) is 3.20. The van der Waals surface area contributed by atoms with Crippen LogP contribution in [0.4, 0.5) is 21.8 Å². The molecular weight excluding hydrogens is 379 g/mol. The zero-order valence-corrected chi connectivity index (χ0v) is 16.2. The standard InChI is InChI=1S/C20H20ClFN6.2H2/c1-12-8-17(27-26-12)23-16-9-18(28-10-20(22,11-28)13-6-7-13)25-19(24-16)14-4-2-3-5-15(14)21;;/h2-5,8-9,13H,6-7,10-11H2,1H3,(H2,23,24,25,26,27);2*1H. The molecule has 1 saturated heterocycles. The van der Waals surface area contributed by atoms with Crippen LogP contribution in [0.5, 0.6) is 0 Å². The van der Waals surface area contributed by atoms with Crippen molar-refractivity contribution in [1.29, 1.82) is 0 Å². The molecule has 0 unspecified atom stereocenters. The molecule has 1 aliphatic carbocycles. The van der Waals surface area contributed by atoms with Crippen molar-refractivity contribution in [2.75, 3.05) is 23.3 Å². The first-order valence-electron chi connectivity index (χ1n) is 9.37. The molecule has 0 amide bonds. The second-order valence-corrected chi connectivity index (χ2v) is 8.05. The Labute approximate surface area is 170 Å². The van der Waals surface area contributed by atoms with Crippen LogP contribution in [0.2, 0.25) is 5.02 Å². The van der Waals surface area contributed by atoms with Gasteiger partial charge in [0.05, 0.1) is 18.1 Å². The number of halogens is 2. The Morgan fingerprint density at radius 2 is 2.00 bits per heavy atom. The number of aromatic nitrogens is 4. The molecule has 2 N–H and O–H groups in total. The summed E-state index contributed by atoms with van der Waals surface area (Å²) in [5.74, 6) is 2.65. The van der Waals surface area contributed by atoms with E-state index in [0.29, 0.717) is 41.4 Å². The Balaban J connectivity index is 0.00000128. The van der Waals surface area contributed by atoms with Crippen molar-refractivity contribution in [3.63, 3.8) is 0 Å². The van der Waals surface area contributed by atoms with Gasteiger partial charge in [0.15, 0.2) is 11.6 Å². The lowest BCUT2D eigenvalue weighted by atomic mass is 9.91. The lowest BCUT2D eigenvalue weighted by molar-refractivity contribution is 0.0925. The van der Waals surface area contributed by atoms with Crippen molar-refractivity contribution in [3.05, 3.63) is 47.1 Å². The SMILES string of the molecule is Cc1cc(Nc2cc(N3CC(F)(C4CC4)C3)nc(-c3ccccc3Cl)n2)n[nH]1.[HH].[HH]. The maximum Gasteiger partial charge on any atom is 0.165 e. The first-order chi connectivity index (χ1) is 13.5. The van der Waals surface area contributed by atoms with Crippen molar-refractivity contribution < 1.29 is 7.24 Å². The summed E-state index contributed by atoms with van der Waals surface area (Å²) < 4.78 is 14.8. The Bertz CT molecular complexity index is 1040. The van der Waals surface area contributed by atoms with E-state index in [1.165, 1.54) is 0 Å². The molecule has 0 radical (unpaired) electrons. The normalized spacial score (nSPS) is 18.0. The molecule has 148 valence electrons. The fourth-order valence-corrected chi connectivity index (χ4v) is 3.87. The van der Waals surface area contributed by atoms with Crippen LogP contribution in [0.1, 0.15) is 21.4 Å². The molecule has 3 aromatic rings. The van der Waals surface area contributed by atoms with Crippen molar-refractivity contribution >= 4 is 29.1 Å². The molecule has 5 rings (SSSR count). The zero-order valence-electron chi connectivity index (χ0n) is 15.4. The minimum Gasteiger partial charge on any atom is -0.350 e. The highest BCUT2D eigenvalue weighted by Crippen LogP contribution is 2.48. The minimum atomic E-state index is -1.08. The fraction of sp³-hybridized carbons (Fsp3) is 0.350. The van der Waals surface area contributed by atoms with E-state index in [0.717, 1.165) is 24.1 Å². The van der Waals surface area contributed by atoms with Crippen molar-refractivity contribution in [2.24, 2.45) is 5.92 Å². The molecule has 1 saturated carbocycles. The summed E-state index contributed by atoms with van der Waals surface area (Å²) in [5, 5.41) is 10.9. The van der Waals surface area contributed by atoms with Gasteiger partial charge in [0, 0.05) is 26.2 Å². The lowest BCUT2D eigenvalue weighted by Crippen LogP contribution is -2.60. The smallest absolute Gasteiger partial charge is 0.165 e. The number of nitrogens with one attached hydrogen (secondary N) is 2. The molecule has 3 heterocycles. The van der Waals surface area contributed by atoms with E-state index < -0.39 is 5.67 Å². The zero-order chi connectivity index (χ0) is 19.3. The van der Waals surface area contributed by atoms with E-state index in [-0.39, 0.29) is 8.77 Å². The number of aromatic amines is 1. The number of anilines is 3. The molecular formula is C20H24ClFN6. The predicted octanol–water partition coefficient (Wildman–Crippen LogP) is 5.00. The van der Waals surface area contributed by atoms with Crippen LogP contribution in [0.15, 0.2) is 36.4 Å². The molecule has 0 atom stereocenters. The van der Waals surface area contributed by atoms with Crippen molar-refractivity contribution in [3.8, 4) is 11.4 Å². The largest absolute Gasteiger partial charge is 0.350 e. The van der Waals surface area contributed by atoms with Crippen LogP contribution < -0.4 is 10.2 Å². The molecule has 2 aliphatic rings. The number of hydrogen-bond acceptors (Lipinski definition) is 5. The molecule has 2 fully saturated rings. The van der Waals surface area contributed by atoms with Crippen LogP contribution in [-0.4, -0.2) is 38.9 Å². The summed E-state index contributed by atoms with van der Waals surface area (Å²) in [4.78, 5) is 11.2. The molecule has 1 aliphatic heterocycles. The Morgan fingerprint density at radius 3 is 2.68 bits per heavy atom. The first-order valence-corrected chi connectivity index (χ1v) is 9.75. The topological polar surface area (TPSA) is 69.7 Å². The number of alkyl halides is 1. The monoisotopic (exact) mass is 402 g/mol. The Kier molecular flexibility index (Phi) is 4.01. The highest BCUT2D eigenvalue weighted by Gasteiger charge is 2.54. The van der Waals surface area contributed by atoms with Gasteiger partial charge in [0.25, 0.3) is 0 Å².